The Morgan fingerprint density at radius 3 is 2.25 bits per heavy atom. The molecule has 2 rings (SSSR count). The maximum Gasteiger partial charge on any atom is 0.199 e. The van der Waals surface area contributed by atoms with Crippen LogP contribution in [-0.2, 0) is 0 Å². The molecule has 2 atom stereocenters. The van der Waals surface area contributed by atoms with Crippen LogP contribution in [-0.4, -0.2) is 35.1 Å². The van der Waals surface area contributed by atoms with Gasteiger partial charge in [0.25, 0.3) is 0 Å². The summed E-state index contributed by atoms with van der Waals surface area (Å²) in [5, 5.41) is 13.0. The van der Waals surface area contributed by atoms with E-state index in [2.05, 4.69) is 5.32 Å². The fraction of sp³-hybridized carbons (Fsp3) is 0.316. The minimum atomic E-state index is -0.869. The van der Waals surface area contributed by atoms with Crippen LogP contribution in [0.5, 0.6) is 5.75 Å². The van der Waals surface area contributed by atoms with Crippen molar-refractivity contribution in [1.82, 2.24) is 5.32 Å². The minimum Gasteiger partial charge on any atom is -0.472 e. The number of ketones is 1. The van der Waals surface area contributed by atoms with Crippen molar-refractivity contribution in [2.45, 2.75) is 31.6 Å². The van der Waals surface area contributed by atoms with Crippen LogP contribution in [0.25, 0.3) is 0 Å². The number of hydrogen-bond acceptors (Lipinski definition) is 4. The molecule has 0 aliphatic carbocycles. The van der Waals surface area contributed by atoms with Gasteiger partial charge in [-0.25, -0.2) is 0 Å². The fourth-order valence-corrected chi connectivity index (χ4v) is 2.29. The standard InChI is InChI=1S/C19H22ClNO3/c1-13(2)21-12-17(22)19(20)24-16-10-8-15(9-11-16)18(23)14-6-4-3-5-7-14/h3-11,13,17,19,21-22H,12H2,1-2H3. The molecule has 0 saturated heterocycles. The van der Waals surface area contributed by atoms with E-state index in [1.54, 1.807) is 36.4 Å². The van der Waals surface area contributed by atoms with Gasteiger partial charge >= 0.3 is 0 Å². The summed E-state index contributed by atoms with van der Waals surface area (Å²) < 4.78 is 5.51. The van der Waals surface area contributed by atoms with Crippen molar-refractivity contribution in [3.8, 4) is 5.75 Å². The highest BCUT2D eigenvalue weighted by molar-refractivity contribution is 6.20. The minimum absolute atomic E-state index is 0.0502. The topological polar surface area (TPSA) is 58.6 Å². The Morgan fingerprint density at radius 1 is 1.08 bits per heavy atom. The molecule has 2 unspecified atom stereocenters. The van der Waals surface area contributed by atoms with Crippen molar-refractivity contribution in [1.29, 1.82) is 0 Å². The van der Waals surface area contributed by atoms with E-state index in [1.165, 1.54) is 0 Å². The van der Waals surface area contributed by atoms with Crippen LogP contribution in [0.1, 0.15) is 29.8 Å². The smallest absolute Gasteiger partial charge is 0.199 e. The number of aliphatic hydroxyl groups is 1. The van der Waals surface area contributed by atoms with Crippen molar-refractivity contribution in [3.05, 3.63) is 65.7 Å². The molecular formula is C19H22ClNO3. The summed E-state index contributed by atoms with van der Waals surface area (Å²) in [6, 6.07) is 16.1. The first kappa shape index (κ1) is 18.5. The highest BCUT2D eigenvalue weighted by Gasteiger charge is 2.18. The molecular weight excluding hydrogens is 326 g/mol. The van der Waals surface area contributed by atoms with Crippen LogP contribution in [0.15, 0.2) is 54.6 Å². The van der Waals surface area contributed by atoms with Crippen LogP contribution in [0.3, 0.4) is 0 Å². The van der Waals surface area contributed by atoms with Gasteiger partial charge in [-0.1, -0.05) is 55.8 Å². The first-order valence-corrected chi connectivity index (χ1v) is 8.33. The van der Waals surface area contributed by atoms with Gasteiger partial charge in [0.2, 0.25) is 0 Å². The molecule has 0 aromatic heterocycles. The largest absolute Gasteiger partial charge is 0.472 e. The van der Waals surface area contributed by atoms with Crippen LogP contribution in [0, 0.1) is 0 Å². The number of aliphatic hydroxyl groups excluding tert-OH is 1. The lowest BCUT2D eigenvalue weighted by Gasteiger charge is -2.20. The summed E-state index contributed by atoms with van der Waals surface area (Å²) in [6.07, 6.45) is -0.834. The molecule has 2 aromatic carbocycles. The van der Waals surface area contributed by atoms with E-state index in [0.717, 1.165) is 0 Å². The average Bonchev–Trinajstić information content (AvgIpc) is 2.60. The SMILES string of the molecule is CC(C)NCC(O)C(Cl)Oc1ccc(C(=O)c2ccccc2)cc1. The number of benzene rings is 2. The fourth-order valence-electron chi connectivity index (χ4n) is 2.10. The summed E-state index contributed by atoms with van der Waals surface area (Å²) in [7, 11) is 0. The second kappa shape index (κ2) is 8.83. The predicted molar refractivity (Wildman–Crippen MR) is 95.7 cm³/mol. The van der Waals surface area contributed by atoms with Gasteiger partial charge < -0.3 is 15.2 Å². The van der Waals surface area contributed by atoms with E-state index in [4.69, 9.17) is 16.3 Å². The Hall–Kier alpha value is -1.88. The average molecular weight is 348 g/mol. The lowest BCUT2D eigenvalue weighted by molar-refractivity contribution is 0.0808. The number of alkyl halides is 1. The summed E-state index contributed by atoms with van der Waals surface area (Å²) in [5.41, 5.74) is 0.338. The predicted octanol–water partition coefficient (Wildman–Crippen LogP) is 3.22. The third kappa shape index (κ3) is 5.34. The third-order valence-corrected chi connectivity index (χ3v) is 3.82. The highest BCUT2D eigenvalue weighted by atomic mass is 35.5. The Kier molecular flexibility index (Phi) is 6.79. The molecule has 2 N–H and O–H groups in total. The molecule has 0 spiro atoms. The molecule has 0 radical (unpaired) electrons. The Balaban J connectivity index is 1.95. The first-order chi connectivity index (χ1) is 11.5. The maximum absolute atomic E-state index is 12.3. The summed E-state index contributed by atoms with van der Waals surface area (Å²) in [6.45, 7) is 4.31. The lowest BCUT2D eigenvalue weighted by atomic mass is 10.0. The molecule has 0 fully saturated rings. The van der Waals surface area contributed by atoms with Gasteiger partial charge in [0.15, 0.2) is 11.3 Å². The van der Waals surface area contributed by atoms with Gasteiger partial charge in [0, 0.05) is 23.7 Å². The Bertz CT molecular complexity index is 643. The molecule has 0 amide bonds. The lowest BCUT2D eigenvalue weighted by Crippen LogP contribution is -2.39. The number of hydrogen-bond donors (Lipinski definition) is 2. The van der Waals surface area contributed by atoms with Crippen molar-refractivity contribution in [2.24, 2.45) is 0 Å². The van der Waals surface area contributed by atoms with E-state index in [1.807, 2.05) is 32.0 Å². The zero-order valence-electron chi connectivity index (χ0n) is 13.8. The molecule has 24 heavy (non-hydrogen) atoms. The van der Waals surface area contributed by atoms with E-state index in [-0.39, 0.29) is 11.8 Å². The van der Waals surface area contributed by atoms with Gasteiger partial charge in [-0.2, -0.15) is 0 Å². The second-order valence-electron chi connectivity index (χ2n) is 5.82. The van der Waals surface area contributed by atoms with Crippen LogP contribution in [0.2, 0.25) is 0 Å². The summed E-state index contributed by atoms with van der Waals surface area (Å²) in [5.74, 6) is 0.453. The number of carbonyl (C=O) groups excluding carboxylic acids is 1. The summed E-state index contributed by atoms with van der Waals surface area (Å²) >= 11 is 6.07. The third-order valence-electron chi connectivity index (χ3n) is 3.44. The van der Waals surface area contributed by atoms with Gasteiger partial charge in [-0.05, 0) is 24.3 Å². The number of ether oxygens (including phenoxy) is 1. The quantitative estimate of drug-likeness (QED) is 0.568. The number of halogens is 1. The zero-order chi connectivity index (χ0) is 17.5. The number of rotatable bonds is 8. The Labute approximate surface area is 147 Å². The number of nitrogens with one attached hydrogen (secondary N) is 1. The number of carbonyl (C=O) groups is 1. The van der Waals surface area contributed by atoms with Gasteiger partial charge in [0.05, 0.1) is 0 Å². The molecule has 0 aliphatic heterocycles. The summed E-state index contributed by atoms with van der Waals surface area (Å²) in [4.78, 5) is 12.3. The van der Waals surface area contributed by atoms with Crippen molar-refractivity contribution in [2.75, 3.05) is 6.54 Å². The second-order valence-corrected chi connectivity index (χ2v) is 6.25. The van der Waals surface area contributed by atoms with Gasteiger partial charge in [0.1, 0.15) is 11.9 Å². The molecule has 0 bridgehead atoms. The van der Waals surface area contributed by atoms with E-state index >= 15 is 0 Å². The van der Waals surface area contributed by atoms with Gasteiger partial charge in [-0.3, -0.25) is 4.79 Å². The van der Waals surface area contributed by atoms with Crippen molar-refractivity contribution < 1.29 is 14.6 Å². The van der Waals surface area contributed by atoms with Crippen molar-refractivity contribution in [3.63, 3.8) is 0 Å². The van der Waals surface area contributed by atoms with Crippen molar-refractivity contribution >= 4 is 17.4 Å². The van der Waals surface area contributed by atoms with Crippen LogP contribution in [0.4, 0.5) is 0 Å². The normalized spacial score (nSPS) is 13.5. The monoisotopic (exact) mass is 347 g/mol. The molecule has 0 heterocycles. The van der Waals surface area contributed by atoms with Crippen LogP contribution >= 0.6 is 11.6 Å². The maximum atomic E-state index is 12.3. The molecule has 5 heteroatoms. The zero-order valence-corrected chi connectivity index (χ0v) is 14.5. The molecule has 2 aromatic rings. The first-order valence-electron chi connectivity index (χ1n) is 7.89. The molecule has 0 aliphatic rings. The Morgan fingerprint density at radius 2 is 1.67 bits per heavy atom. The molecule has 4 nitrogen and oxygen atoms in total. The van der Waals surface area contributed by atoms with E-state index in [0.29, 0.717) is 23.4 Å². The van der Waals surface area contributed by atoms with E-state index < -0.39 is 11.7 Å². The van der Waals surface area contributed by atoms with Crippen LogP contribution < -0.4 is 10.1 Å². The molecule has 128 valence electrons. The van der Waals surface area contributed by atoms with E-state index in [9.17, 15) is 9.90 Å². The van der Waals surface area contributed by atoms with Gasteiger partial charge in [-0.15, -0.1) is 0 Å². The highest BCUT2D eigenvalue weighted by Crippen LogP contribution is 2.18. The molecule has 0 saturated carbocycles.